The van der Waals surface area contributed by atoms with Crippen LogP contribution in [0.2, 0.25) is 0 Å². The Labute approximate surface area is 112 Å². The Bertz CT molecular complexity index is 509. The van der Waals surface area contributed by atoms with Crippen molar-refractivity contribution >= 4 is 11.6 Å². The molecule has 0 aromatic heterocycles. The molecule has 1 aliphatic carbocycles. The van der Waals surface area contributed by atoms with Gasteiger partial charge in [0.15, 0.2) is 6.61 Å². The van der Waals surface area contributed by atoms with Crippen LogP contribution in [0.15, 0.2) is 23.4 Å². The SMILES string of the molecule is CN(C)C(=O)COc1ccc2c(c1)/C(=N\O)CCC2. The lowest BCUT2D eigenvalue weighted by molar-refractivity contribution is -0.130. The Morgan fingerprint density at radius 1 is 1.42 bits per heavy atom. The second kappa shape index (κ2) is 5.73. The highest BCUT2D eigenvalue weighted by atomic mass is 16.5. The largest absolute Gasteiger partial charge is 0.484 e. The zero-order valence-corrected chi connectivity index (χ0v) is 11.2. The number of benzene rings is 1. The molecule has 0 unspecified atom stereocenters. The molecule has 0 fully saturated rings. The molecule has 1 aliphatic rings. The number of oxime groups is 1. The van der Waals surface area contributed by atoms with E-state index in [4.69, 9.17) is 9.94 Å². The normalized spacial score (nSPS) is 16.0. The van der Waals surface area contributed by atoms with E-state index in [-0.39, 0.29) is 12.5 Å². The molecule has 0 bridgehead atoms. The second-order valence-electron chi connectivity index (χ2n) is 4.80. The predicted molar refractivity (Wildman–Crippen MR) is 71.9 cm³/mol. The van der Waals surface area contributed by atoms with Gasteiger partial charge in [-0.05, 0) is 37.0 Å². The molecule has 5 heteroatoms. The van der Waals surface area contributed by atoms with E-state index in [1.165, 1.54) is 4.90 Å². The van der Waals surface area contributed by atoms with Crippen LogP contribution in [0.3, 0.4) is 0 Å². The summed E-state index contributed by atoms with van der Waals surface area (Å²) in [7, 11) is 3.38. The number of fused-ring (bicyclic) bond motifs is 1. The molecule has 102 valence electrons. The van der Waals surface area contributed by atoms with Gasteiger partial charge in [-0.25, -0.2) is 0 Å². The van der Waals surface area contributed by atoms with Crippen LogP contribution < -0.4 is 4.74 Å². The van der Waals surface area contributed by atoms with Gasteiger partial charge in [-0.1, -0.05) is 11.2 Å². The zero-order chi connectivity index (χ0) is 13.8. The van der Waals surface area contributed by atoms with Gasteiger partial charge in [0.25, 0.3) is 5.91 Å². The molecule has 1 aromatic carbocycles. The summed E-state index contributed by atoms with van der Waals surface area (Å²) >= 11 is 0. The number of rotatable bonds is 3. The summed E-state index contributed by atoms with van der Waals surface area (Å²) in [6.45, 7) is 0.0113. The lowest BCUT2D eigenvalue weighted by atomic mass is 9.90. The highest BCUT2D eigenvalue weighted by Gasteiger charge is 2.17. The van der Waals surface area contributed by atoms with Gasteiger partial charge < -0.3 is 14.8 Å². The fourth-order valence-electron chi connectivity index (χ4n) is 2.09. The monoisotopic (exact) mass is 262 g/mol. The van der Waals surface area contributed by atoms with Gasteiger partial charge in [-0.15, -0.1) is 0 Å². The standard InChI is InChI=1S/C14H18N2O3/c1-16(2)14(17)9-19-11-7-6-10-4-3-5-13(15-18)12(10)8-11/h6-8,18H,3-5,9H2,1-2H3/b15-13-. The van der Waals surface area contributed by atoms with E-state index in [0.29, 0.717) is 11.5 Å². The van der Waals surface area contributed by atoms with E-state index in [2.05, 4.69) is 5.16 Å². The maximum atomic E-state index is 11.5. The first-order chi connectivity index (χ1) is 9.11. The Kier molecular flexibility index (Phi) is 4.04. The Hall–Kier alpha value is -2.04. The van der Waals surface area contributed by atoms with Gasteiger partial charge in [0.05, 0.1) is 5.71 Å². The third-order valence-corrected chi connectivity index (χ3v) is 3.23. The lowest BCUT2D eigenvalue weighted by Gasteiger charge is -2.18. The number of carbonyl (C=O) groups excluding carboxylic acids is 1. The van der Waals surface area contributed by atoms with Crippen molar-refractivity contribution in [1.82, 2.24) is 4.90 Å². The fourth-order valence-corrected chi connectivity index (χ4v) is 2.09. The number of hydrogen-bond acceptors (Lipinski definition) is 4. The lowest BCUT2D eigenvalue weighted by Crippen LogP contribution is -2.27. The van der Waals surface area contributed by atoms with Gasteiger partial charge in [0.1, 0.15) is 5.75 Å². The van der Waals surface area contributed by atoms with E-state index in [9.17, 15) is 4.79 Å². The van der Waals surface area contributed by atoms with Crippen LogP contribution in [-0.2, 0) is 11.2 Å². The van der Waals surface area contributed by atoms with E-state index < -0.39 is 0 Å². The summed E-state index contributed by atoms with van der Waals surface area (Å²) in [6.07, 6.45) is 2.74. The molecule has 0 saturated carbocycles. The summed E-state index contributed by atoms with van der Waals surface area (Å²) in [5.74, 6) is 0.533. The average molecular weight is 262 g/mol. The Morgan fingerprint density at radius 2 is 2.21 bits per heavy atom. The molecule has 0 heterocycles. The highest BCUT2D eigenvalue weighted by Crippen LogP contribution is 2.25. The number of nitrogens with zero attached hydrogens (tertiary/aromatic N) is 2. The third kappa shape index (κ3) is 3.05. The summed E-state index contributed by atoms with van der Waals surface area (Å²) in [5, 5.41) is 12.3. The summed E-state index contributed by atoms with van der Waals surface area (Å²) in [5.41, 5.74) is 2.76. The van der Waals surface area contributed by atoms with Gasteiger partial charge >= 0.3 is 0 Å². The molecule has 0 aliphatic heterocycles. The van der Waals surface area contributed by atoms with Crippen molar-refractivity contribution in [2.24, 2.45) is 5.16 Å². The van der Waals surface area contributed by atoms with Crippen molar-refractivity contribution in [2.75, 3.05) is 20.7 Å². The van der Waals surface area contributed by atoms with E-state index in [1.54, 1.807) is 14.1 Å². The molecule has 0 radical (unpaired) electrons. The molecular formula is C14H18N2O3. The van der Waals surface area contributed by atoms with Crippen LogP contribution in [0.1, 0.15) is 24.0 Å². The molecule has 2 rings (SSSR count). The van der Waals surface area contributed by atoms with Crippen molar-refractivity contribution < 1.29 is 14.7 Å². The summed E-state index contributed by atoms with van der Waals surface area (Å²) in [6, 6.07) is 5.66. The Balaban J connectivity index is 2.14. The molecule has 19 heavy (non-hydrogen) atoms. The highest BCUT2D eigenvalue weighted by molar-refractivity contribution is 6.02. The number of likely N-dealkylation sites (N-methyl/N-ethyl adjacent to an activating group) is 1. The van der Waals surface area contributed by atoms with E-state index in [1.807, 2.05) is 18.2 Å². The minimum Gasteiger partial charge on any atom is -0.484 e. The fraction of sp³-hybridized carbons (Fsp3) is 0.429. The van der Waals surface area contributed by atoms with Crippen LogP contribution in [0, 0.1) is 0 Å². The van der Waals surface area contributed by atoms with E-state index in [0.717, 1.165) is 30.4 Å². The third-order valence-electron chi connectivity index (χ3n) is 3.23. The molecule has 0 atom stereocenters. The van der Waals surface area contributed by atoms with Crippen molar-refractivity contribution in [3.63, 3.8) is 0 Å². The number of aryl methyl sites for hydroxylation is 1. The van der Waals surface area contributed by atoms with Crippen LogP contribution in [0.4, 0.5) is 0 Å². The first-order valence-corrected chi connectivity index (χ1v) is 6.29. The van der Waals surface area contributed by atoms with Crippen molar-refractivity contribution in [3.8, 4) is 5.75 Å². The first kappa shape index (κ1) is 13.4. The summed E-state index contributed by atoms with van der Waals surface area (Å²) in [4.78, 5) is 12.9. The second-order valence-corrected chi connectivity index (χ2v) is 4.80. The average Bonchev–Trinajstić information content (AvgIpc) is 2.43. The molecule has 5 nitrogen and oxygen atoms in total. The van der Waals surface area contributed by atoms with Crippen LogP contribution in [0.5, 0.6) is 5.75 Å². The van der Waals surface area contributed by atoms with Crippen molar-refractivity contribution in [2.45, 2.75) is 19.3 Å². The molecular weight excluding hydrogens is 244 g/mol. The zero-order valence-electron chi connectivity index (χ0n) is 11.2. The molecule has 1 amide bonds. The molecule has 1 aromatic rings. The van der Waals surface area contributed by atoms with Crippen molar-refractivity contribution in [3.05, 3.63) is 29.3 Å². The quantitative estimate of drug-likeness (QED) is 0.665. The maximum absolute atomic E-state index is 11.5. The van der Waals surface area contributed by atoms with E-state index >= 15 is 0 Å². The first-order valence-electron chi connectivity index (χ1n) is 6.29. The minimum absolute atomic E-state index is 0.0113. The minimum atomic E-state index is -0.0891. The van der Waals surface area contributed by atoms with Crippen LogP contribution in [0.25, 0.3) is 0 Å². The van der Waals surface area contributed by atoms with Gasteiger partial charge in [-0.2, -0.15) is 0 Å². The Morgan fingerprint density at radius 3 is 2.89 bits per heavy atom. The smallest absolute Gasteiger partial charge is 0.259 e. The molecule has 0 spiro atoms. The number of hydrogen-bond donors (Lipinski definition) is 1. The predicted octanol–water partition coefficient (Wildman–Crippen LogP) is 1.67. The van der Waals surface area contributed by atoms with Gasteiger partial charge in [-0.3, -0.25) is 4.79 Å². The number of carbonyl (C=O) groups is 1. The van der Waals surface area contributed by atoms with Crippen molar-refractivity contribution in [1.29, 1.82) is 0 Å². The topological polar surface area (TPSA) is 62.1 Å². The molecule has 1 N–H and O–H groups in total. The van der Waals surface area contributed by atoms with Gasteiger partial charge in [0, 0.05) is 19.7 Å². The van der Waals surface area contributed by atoms with Gasteiger partial charge in [0.2, 0.25) is 0 Å². The number of amides is 1. The van der Waals surface area contributed by atoms with Crippen LogP contribution in [-0.4, -0.2) is 42.4 Å². The summed E-state index contributed by atoms with van der Waals surface area (Å²) < 4.78 is 5.46. The number of ether oxygens (including phenoxy) is 1. The van der Waals surface area contributed by atoms with Crippen LogP contribution >= 0.6 is 0 Å². The maximum Gasteiger partial charge on any atom is 0.259 e. The molecule has 0 saturated heterocycles.